The fraction of sp³-hybridized carbons (Fsp3) is 0. The summed E-state index contributed by atoms with van der Waals surface area (Å²) in [7, 11) is 0. The van der Waals surface area contributed by atoms with E-state index in [1.54, 1.807) is 12.1 Å². The molecule has 0 aliphatic heterocycles. The summed E-state index contributed by atoms with van der Waals surface area (Å²) in [4.78, 5) is 2.95. The van der Waals surface area contributed by atoms with Crippen LogP contribution in [0.25, 0.3) is 16.7 Å². The molecular formula is C14H6Cl2FN3S. The molecule has 0 aliphatic rings. The molecule has 104 valence electrons. The maximum absolute atomic E-state index is 14.2. The number of aromatic nitrogens is 2. The molecule has 0 atom stereocenters. The SMILES string of the molecule is N#Cc1ccc(-n2c(=S)[nH]c3cc(Cl)c(Cl)cc32)c(F)c1. The fourth-order valence-corrected chi connectivity index (χ4v) is 2.73. The van der Waals surface area contributed by atoms with Crippen LogP contribution in [0.5, 0.6) is 0 Å². The third kappa shape index (κ3) is 2.32. The number of nitriles is 1. The molecule has 0 amide bonds. The lowest BCUT2D eigenvalue weighted by Gasteiger charge is -2.07. The summed E-state index contributed by atoms with van der Waals surface area (Å²) in [6, 6.07) is 9.32. The number of H-pyrrole nitrogens is 1. The molecule has 0 fully saturated rings. The van der Waals surface area contributed by atoms with Gasteiger partial charge in [-0.3, -0.25) is 4.57 Å². The summed E-state index contributed by atoms with van der Waals surface area (Å²) in [6.07, 6.45) is 0. The zero-order chi connectivity index (χ0) is 15.1. The Morgan fingerprint density at radius 2 is 1.90 bits per heavy atom. The van der Waals surface area contributed by atoms with Gasteiger partial charge in [-0.05, 0) is 42.5 Å². The highest BCUT2D eigenvalue weighted by Gasteiger charge is 2.13. The van der Waals surface area contributed by atoms with Crippen molar-refractivity contribution < 1.29 is 4.39 Å². The van der Waals surface area contributed by atoms with Gasteiger partial charge in [0.15, 0.2) is 4.77 Å². The van der Waals surface area contributed by atoms with E-state index in [2.05, 4.69) is 4.98 Å². The molecule has 3 nitrogen and oxygen atoms in total. The van der Waals surface area contributed by atoms with Crippen LogP contribution in [-0.4, -0.2) is 9.55 Å². The van der Waals surface area contributed by atoms with E-state index < -0.39 is 5.82 Å². The van der Waals surface area contributed by atoms with Crippen LogP contribution < -0.4 is 0 Å². The van der Waals surface area contributed by atoms with E-state index in [0.29, 0.717) is 25.8 Å². The minimum atomic E-state index is -0.544. The summed E-state index contributed by atoms with van der Waals surface area (Å²) in [5.74, 6) is -0.544. The second kappa shape index (κ2) is 5.15. The first kappa shape index (κ1) is 14.1. The van der Waals surface area contributed by atoms with Crippen molar-refractivity contribution in [2.24, 2.45) is 0 Å². The zero-order valence-electron chi connectivity index (χ0n) is 10.3. The third-order valence-electron chi connectivity index (χ3n) is 3.04. The lowest BCUT2D eigenvalue weighted by molar-refractivity contribution is 0.618. The second-order valence-electron chi connectivity index (χ2n) is 4.33. The Hall–Kier alpha value is -1.87. The second-order valence-corrected chi connectivity index (χ2v) is 5.53. The van der Waals surface area contributed by atoms with Crippen molar-refractivity contribution in [3.05, 3.63) is 56.5 Å². The van der Waals surface area contributed by atoms with E-state index >= 15 is 0 Å². The number of nitrogens with one attached hydrogen (secondary N) is 1. The van der Waals surface area contributed by atoms with E-state index in [0.717, 1.165) is 6.07 Å². The highest BCUT2D eigenvalue weighted by molar-refractivity contribution is 7.71. The summed E-state index contributed by atoms with van der Waals surface area (Å²) >= 11 is 17.2. The Morgan fingerprint density at radius 3 is 2.57 bits per heavy atom. The standard InChI is InChI=1S/C14H6Cl2FN3S/c15-8-4-11-13(5-9(8)16)20(14(21)19-11)12-2-1-7(6-18)3-10(12)17/h1-5H,(H,19,21). The average Bonchev–Trinajstić information content (AvgIpc) is 2.75. The van der Waals surface area contributed by atoms with Crippen molar-refractivity contribution >= 4 is 46.5 Å². The third-order valence-corrected chi connectivity index (χ3v) is 4.05. The van der Waals surface area contributed by atoms with Crippen molar-refractivity contribution in [3.63, 3.8) is 0 Å². The van der Waals surface area contributed by atoms with Crippen LogP contribution in [0.1, 0.15) is 5.56 Å². The Bertz CT molecular complexity index is 969. The molecule has 3 aromatic rings. The largest absolute Gasteiger partial charge is 0.330 e. The molecule has 7 heteroatoms. The number of fused-ring (bicyclic) bond motifs is 1. The van der Waals surface area contributed by atoms with Gasteiger partial charge in [-0.15, -0.1) is 0 Å². The Kier molecular flexibility index (Phi) is 3.46. The van der Waals surface area contributed by atoms with Crippen LogP contribution in [0, 0.1) is 21.9 Å². The minimum absolute atomic E-state index is 0.239. The topological polar surface area (TPSA) is 44.5 Å². The Morgan fingerprint density at radius 1 is 1.19 bits per heavy atom. The van der Waals surface area contributed by atoms with Gasteiger partial charge >= 0.3 is 0 Å². The quantitative estimate of drug-likeness (QED) is 0.634. The van der Waals surface area contributed by atoms with Gasteiger partial charge in [-0.2, -0.15) is 5.26 Å². The molecule has 1 aromatic heterocycles. The van der Waals surface area contributed by atoms with Crippen LogP contribution in [0.4, 0.5) is 4.39 Å². The molecule has 0 bridgehead atoms. The number of aromatic amines is 1. The zero-order valence-corrected chi connectivity index (χ0v) is 12.7. The molecule has 1 heterocycles. The van der Waals surface area contributed by atoms with Crippen molar-refractivity contribution in [3.8, 4) is 11.8 Å². The van der Waals surface area contributed by atoms with E-state index in [9.17, 15) is 4.39 Å². The van der Waals surface area contributed by atoms with Crippen LogP contribution in [0.3, 0.4) is 0 Å². The molecule has 0 saturated carbocycles. The normalized spacial score (nSPS) is 10.8. The Labute approximate surface area is 134 Å². The van der Waals surface area contributed by atoms with E-state index in [1.165, 1.54) is 16.7 Å². The highest BCUT2D eigenvalue weighted by atomic mass is 35.5. The van der Waals surface area contributed by atoms with Gasteiger partial charge in [-0.25, -0.2) is 4.39 Å². The minimum Gasteiger partial charge on any atom is -0.330 e. The van der Waals surface area contributed by atoms with E-state index in [1.807, 2.05) is 6.07 Å². The molecule has 1 N–H and O–H groups in total. The number of halogens is 3. The average molecular weight is 338 g/mol. The molecule has 0 spiro atoms. The number of hydrogen-bond acceptors (Lipinski definition) is 2. The van der Waals surface area contributed by atoms with Gasteiger partial charge in [0.2, 0.25) is 0 Å². The van der Waals surface area contributed by atoms with Gasteiger partial charge in [-0.1, -0.05) is 23.2 Å². The van der Waals surface area contributed by atoms with Crippen LogP contribution >= 0.6 is 35.4 Å². The summed E-state index contributed by atoms with van der Waals surface area (Å²) in [6.45, 7) is 0. The molecule has 2 aromatic carbocycles. The Balaban J connectivity index is 2.35. The predicted octanol–water partition coefficient (Wildman–Crippen LogP) is 5.01. The molecule has 0 unspecified atom stereocenters. The van der Waals surface area contributed by atoms with Crippen LogP contribution in [-0.2, 0) is 0 Å². The maximum atomic E-state index is 14.2. The van der Waals surface area contributed by atoms with Gasteiger partial charge in [0.1, 0.15) is 5.82 Å². The molecular weight excluding hydrogens is 332 g/mol. The molecule has 0 radical (unpaired) electrons. The molecule has 0 aliphatic carbocycles. The van der Waals surface area contributed by atoms with Gasteiger partial charge in [0.05, 0.1) is 38.4 Å². The predicted molar refractivity (Wildman–Crippen MR) is 83.2 cm³/mol. The monoisotopic (exact) mass is 337 g/mol. The van der Waals surface area contributed by atoms with Gasteiger partial charge in [0.25, 0.3) is 0 Å². The number of rotatable bonds is 1. The fourth-order valence-electron chi connectivity index (χ4n) is 2.10. The smallest absolute Gasteiger partial charge is 0.182 e. The van der Waals surface area contributed by atoms with Gasteiger partial charge < -0.3 is 4.98 Å². The highest BCUT2D eigenvalue weighted by Crippen LogP contribution is 2.30. The van der Waals surface area contributed by atoms with Crippen molar-refractivity contribution in [2.45, 2.75) is 0 Å². The van der Waals surface area contributed by atoms with Crippen molar-refractivity contribution in [1.29, 1.82) is 5.26 Å². The number of nitrogens with zero attached hydrogens (tertiary/aromatic N) is 2. The lowest BCUT2D eigenvalue weighted by Crippen LogP contribution is -1.98. The lowest BCUT2D eigenvalue weighted by atomic mass is 10.2. The molecule has 3 rings (SSSR count). The van der Waals surface area contributed by atoms with Crippen molar-refractivity contribution in [2.75, 3.05) is 0 Å². The van der Waals surface area contributed by atoms with Crippen LogP contribution in [0.15, 0.2) is 30.3 Å². The van der Waals surface area contributed by atoms with Crippen molar-refractivity contribution in [1.82, 2.24) is 9.55 Å². The van der Waals surface area contributed by atoms with Gasteiger partial charge in [0, 0.05) is 0 Å². The summed E-state index contributed by atoms with van der Waals surface area (Å²) < 4.78 is 16.0. The number of benzene rings is 2. The van der Waals surface area contributed by atoms with Crippen LogP contribution in [0.2, 0.25) is 10.0 Å². The summed E-state index contributed by atoms with van der Waals surface area (Å²) in [5, 5.41) is 9.52. The van der Waals surface area contributed by atoms with E-state index in [4.69, 9.17) is 40.7 Å². The molecule has 21 heavy (non-hydrogen) atoms. The van der Waals surface area contributed by atoms with E-state index in [-0.39, 0.29) is 11.3 Å². The first-order chi connectivity index (χ1) is 10.0. The number of hydrogen-bond donors (Lipinski definition) is 1. The first-order valence-corrected chi connectivity index (χ1v) is 6.97. The number of imidazole rings is 1. The summed E-state index contributed by atoms with van der Waals surface area (Å²) in [5.41, 5.74) is 1.74. The first-order valence-electron chi connectivity index (χ1n) is 5.81. The molecule has 0 saturated heterocycles. The maximum Gasteiger partial charge on any atom is 0.182 e.